The van der Waals surface area contributed by atoms with Crippen LogP contribution < -0.4 is 15.4 Å². The summed E-state index contributed by atoms with van der Waals surface area (Å²) in [7, 11) is 1.78. The van der Waals surface area contributed by atoms with E-state index in [0.717, 1.165) is 24.5 Å². The Balaban J connectivity index is 1.45. The molecule has 5 rings (SSSR count). The van der Waals surface area contributed by atoms with Crippen LogP contribution in [0.15, 0.2) is 53.7 Å². The maximum Gasteiger partial charge on any atom is 0.255 e. The molecule has 2 bridgehead atoms. The van der Waals surface area contributed by atoms with Gasteiger partial charge < -0.3 is 9.80 Å². The first-order valence-corrected chi connectivity index (χ1v) is 9.61. The number of halogens is 1. The van der Waals surface area contributed by atoms with Crippen molar-refractivity contribution in [1.29, 1.82) is 0 Å². The van der Waals surface area contributed by atoms with Gasteiger partial charge in [0, 0.05) is 49.2 Å². The van der Waals surface area contributed by atoms with E-state index in [1.165, 1.54) is 18.1 Å². The van der Waals surface area contributed by atoms with Crippen molar-refractivity contribution in [2.75, 3.05) is 22.9 Å². The summed E-state index contributed by atoms with van der Waals surface area (Å²) >= 11 is 6.02. The van der Waals surface area contributed by atoms with Crippen LogP contribution in [-0.4, -0.2) is 44.7 Å². The van der Waals surface area contributed by atoms with Crippen molar-refractivity contribution in [3.8, 4) is 11.4 Å². The lowest BCUT2D eigenvalue weighted by Crippen LogP contribution is -2.48. The molecule has 0 spiro atoms. The summed E-state index contributed by atoms with van der Waals surface area (Å²) in [4.78, 5) is 30.2. The lowest BCUT2D eigenvalue weighted by atomic mass is 10.2. The van der Waals surface area contributed by atoms with Gasteiger partial charge in [0.25, 0.3) is 5.56 Å². The standard InChI is InChI=1S/C20H19ClN6O/c1-25-19(28)9-18(17-6-7-22-12-23-17)24-20(25)27-11-15-8-16(27)10-26(15)14-4-2-13(21)3-5-14/h2-7,9,12,15-16H,8,10-11H2,1H3/t15?,16-/m1/s1. The van der Waals surface area contributed by atoms with E-state index < -0.39 is 0 Å². The highest BCUT2D eigenvalue weighted by Gasteiger charge is 2.44. The first kappa shape index (κ1) is 17.2. The maximum atomic E-state index is 12.5. The highest BCUT2D eigenvalue weighted by atomic mass is 35.5. The molecule has 1 unspecified atom stereocenters. The second-order valence-corrected chi connectivity index (χ2v) is 7.69. The SMILES string of the molecule is Cn1c(N2CC3C[C@@H]2CN3c2ccc(Cl)cc2)nc(-c2ccncn2)cc1=O. The van der Waals surface area contributed by atoms with E-state index in [2.05, 4.69) is 31.9 Å². The highest BCUT2D eigenvalue weighted by molar-refractivity contribution is 6.30. The van der Waals surface area contributed by atoms with Crippen molar-refractivity contribution in [2.24, 2.45) is 7.05 Å². The second-order valence-electron chi connectivity index (χ2n) is 7.26. The van der Waals surface area contributed by atoms with Gasteiger partial charge in [-0.15, -0.1) is 0 Å². The van der Waals surface area contributed by atoms with E-state index in [4.69, 9.17) is 16.6 Å². The molecule has 4 heterocycles. The number of rotatable bonds is 3. The number of aromatic nitrogens is 4. The molecular formula is C20H19ClN6O. The Kier molecular flexibility index (Phi) is 4.05. The summed E-state index contributed by atoms with van der Waals surface area (Å²) in [6.45, 7) is 1.74. The fourth-order valence-corrected chi connectivity index (χ4v) is 4.34. The summed E-state index contributed by atoms with van der Waals surface area (Å²) in [5.74, 6) is 0.698. The Morgan fingerprint density at radius 2 is 1.79 bits per heavy atom. The molecule has 0 amide bonds. The van der Waals surface area contributed by atoms with Crippen LogP contribution in [0.25, 0.3) is 11.4 Å². The molecule has 3 aromatic rings. The third-order valence-corrected chi connectivity index (χ3v) is 5.86. The molecule has 8 heteroatoms. The van der Waals surface area contributed by atoms with Crippen LogP contribution in [0.5, 0.6) is 0 Å². The van der Waals surface area contributed by atoms with Crippen LogP contribution >= 0.6 is 11.6 Å². The molecule has 1 aromatic carbocycles. The van der Waals surface area contributed by atoms with Gasteiger partial charge in [-0.2, -0.15) is 0 Å². The molecule has 7 nitrogen and oxygen atoms in total. The molecule has 2 aromatic heterocycles. The minimum Gasteiger partial charge on any atom is -0.365 e. The molecule has 0 aliphatic carbocycles. The zero-order valence-electron chi connectivity index (χ0n) is 15.4. The van der Waals surface area contributed by atoms with Gasteiger partial charge in [0.05, 0.1) is 17.4 Å². The molecule has 2 saturated heterocycles. The molecule has 0 radical (unpaired) electrons. The predicted molar refractivity (Wildman–Crippen MR) is 109 cm³/mol. The largest absolute Gasteiger partial charge is 0.365 e. The zero-order chi connectivity index (χ0) is 19.3. The summed E-state index contributed by atoms with van der Waals surface area (Å²) < 4.78 is 1.62. The number of nitrogens with zero attached hydrogens (tertiary/aromatic N) is 6. The van der Waals surface area contributed by atoms with E-state index in [0.29, 0.717) is 29.4 Å². The molecule has 2 atom stereocenters. The molecule has 2 aliphatic rings. The van der Waals surface area contributed by atoms with E-state index in [-0.39, 0.29) is 5.56 Å². The van der Waals surface area contributed by atoms with Crippen LogP contribution in [0.2, 0.25) is 5.02 Å². The van der Waals surface area contributed by atoms with Crippen molar-refractivity contribution < 1.29 is 0 Å². The Morgan fingerprint density at radius 3 is 2.46 bits per heavy atom. The van der Waals surface area contributed by atoms with Gasteiger partial charge in [0.2, 0.25) is 5.95 Å². The van der Waals surface area contributed by atoms with E-state index in [9.17, 15) is 4.79 Å². The molecule has 0 saturated carbocycles. The smallest absolute Gasteiger partial charge is 0.255 e. The maximum absolute atomic E-state index is 12.5. The molecule has 0 N–H and O–H groups in total. The quantitative estimate of drug-likeness (QED) is 0.679. The van der Waals surface area contributed by atoms with Crippen molar-refractivity contribution in [3.05, 3.63) is 64.3 Å². The first-order valence-electron chi connectivity index (χ1n) is 9.23. The number of hydrogen-bond acceptors (Lipinski definition) is 6. The number of hydrogen-bond donors (Lipinski definition) is 0. The molecule has 2 fully saturated rings. The fourth-order valence-electron chi connectivity index (χ4n) is 4.22. The van der Waals surface area contributed by atoms with Crippen molar-refractivity contribution in [1.82, 2.24) is 19.5 Å². The van der Waals surface area contributed by atoms with Crippen molar-refractivity contribution in [3.63, 3.8) is 0 Å². The van der Waals surface area contributed by atoms with Gasteiger partial charge in [-0.3, -0.25) is 9.36 Å². The summed E-state index contributed by atoms with van der Waals surface area (Å²) in [5.41, 5.74) is 2.34. The number of anilines is 2. The van der Waals surface area contributed by atoms with E-state index in [1.807, 2.05) is 12.1 Å². The number of benzene rings is 1. The summed E-state index contributed by atoms with van der Waals surface area (Å²) in [6, 6.07) is 12.0. The second kappa shape index (κ2) is 6.60. The van der Waals surface area contributed by atoms with E-state index >= 15 is 0 Å². The average molecular weight is 395 g/mol. The summed E-state index contributed by atoms with van der Waals surface area (Å²) in [6.07, 6.45) is 4.18. The molecule has 28 heavy (non-hydrogen) atoms. The van der Waals surface area contributed by atoms with Gasteiger partial charge in [0.1, 0.15) is 6.33 Å². The van der Waals surface area contributed by atoms with Gasteiger partial charge in [-0.1, -0.05) is 11.6 Å². The normalized spacial score (nSPS) is 20.8. The zero-order valence-corrected chi connectivity index (χ0v) is 16.1. The van der Waals surface area contributed by atoms with Crippen molar-refractivity contribution in [2.45, 2.75) is 18.5 Å². The van der Waals surface area contributed by atoms with Crippen molar-refractivity contribution >= 4 is 23.2 Å². The average Bonchev–Trinajstić information content (AvgIpc) is 3.32. The third-order valence-electron chi connectivity index (χ3n) is 5.61. The van der Waals surface area contributed by atoms with Crippen LogP contribution in [0, 0.1) is 0 Å². The van der Waals surface area contributed by atoms with Crippen LogP contribution in [-0.2, 0) is 7.05 Å². The van der Waals surface area contributed by atoms with Gasteiger partial charge in [-0.25, -0.2) is 15.0 Å². The Hall–Kier alpha value is -2.93. The van der Waals surface area contributed by atoms with Crippen LogP contribution in [0.3, 0.4) is 0 Å². The third kappa shape index (κ3) is 2.82. The predicted octanol–water partition coefficient (Wildman–Crippen LogP) is 2.36. The lowest BCUT2D eigenvalue weighted by molar-refractivity contribution is 0.614. The Bertz CT molecular complexity index is 1070. The lowest BCUT2D eigenvalue weighted by Gasteiger charge is -2.36. The molecular weight excluding hydrogens is 376 g/mol. The van der Waals surface area contributed by atoms with Gasteiger partial charge in [-0.05, 0) is 36.8 Å². The molecule has 2 aliphatic heterocycles. The minimum absolute atomic E-state index is 0.0871. The monoisotopic (exact) mass is 394 g/mol. The number of piperazine rings is 1. The Morgan fingerprint density at radius 1 is 1.04 bits per heavy atom. The topological polar surface area (TPSA) is 67.2 Å². The minimum atomic E-state index is -0.0871. The van der Waals surface area contributed by atoms with Crippen LogP contribution in [0.1, 0.15) is 6.42 Å². The number of fused-ring (bicyclic) bond motifs is 2. The Labute approximate surface area is 167 Å². The van der Waals surface area contributed by atoms with Gasteiger partial charge >= 0.3 is 0 Å². The van der Waals surface area contributed by atoms with Gasteiger partial charge in [0.15, 0.2) is 0 Å². The summed E-state index contributed by atoms with van der Waals surface area (Å²) in [5, 5.41) is 0.746. The van der Waals surface area contributed by atoms with E-state index in [1.54, 1.807) is 23.9 Å². The highest BCUT2D eigenvalue weighted by Crippen LogP contribution is 2.37. The molecule has 142 valence electrons. The first-order chi connectivity index (χ1) is 13.6. The fraction of sp³-hybridized carbons (Fsp3) is 0.300. The van der Waals surface area contributed by atoms with Crippen LogP contribution in [0.4, 0.5) is 11.6 Å².